The van der Waals surface area contributed by atoms with Gasteiger partial charge in [-0.05, 0) is 60.2 Å². The molecule has 2 aliphatic heterocycles. The number of piperidine rings is 1. The maximum Gasteiger partial charge on any atom is 0.416 e. The van der Waals surface area contributed by atoms with E-state index < -0.39 is 16.6 Å². The molecule has 4 rings (SSSR count). The Morgan fingerprint density at radius 2 is 1.29 bits per heavy atom. The van der Waals surface area contributed by atoms with Gasteiger partial charge in [-0.2, -0.15) is 13.2 Å². The second-order valence-corrected chi connectivity index (χ2v) is 11.4. The first-order valence-corrected chi connectivity index (χ1v) is 12.4. The molecule has 2 aromatic rings. The number of hydrogen-bond donors (Lipinski definition) is 0. The van der Waals surface area contributed by atoms with Crippen LogP contribution < -0.4 is 0 Å². The fraction of sp³-hybridized carbons (Fsp3) is 0.462. The van der Waals surface area contributed by atoms with Crippen molar-refractivity contribution >= 4 is 23.6 Å². The molecule has 2 aliphatic rings. The molecular formula is C26H29F3N2O2S. The smallest absolute Gasteiger partial charge is 0.338 e. The Labute approximate surface area is 202 Å². The molecule has 2 saturated heterocycles. The average molecular weight is 491 g/mol. The molecule has 1 spiro atoms. The highest BCUT2D eigenvalue weighted by Crippen LogP contribution is 2.45. The standard InChI is InChI=1S/C26H29F3N2O2S/c1-24(2,3)20-8-4-18(5-9-20)22(32)30-14-12-25(13-15-30)31(16-17-34-25)23(33)19-6-10-21(11-7-19)26(27,28)29/h4-11H,12-17H2,1-3H3. The molecule has 0 aromatic heterocycles. The van der Waals surface area contributed by atoms with E-state index in [1.807, 2.05) is 29.2 Å². The number of nitrogens with zero attached hydrogens (tertiary/aromatic N) is 2. The highest BCUT2D eigenvalue weighted by molar-refractivity contribution is 8.00. The number of rotatable bonds is 2. The lowest BCUT2D eigenvalue weighted by Gasteiger charge is -2.44. The van der Waals surface area contributed by atoms with Crippen LogP contribution in [0.25, 0.3) is 0 Å². The minimum Gasteiger partial charge on any atom is -0.338 e. The van der Waals surface area contributed by atoms with Crippen molar-refractivity contribution in [2.45, 2.75) is 50.1 Å². The second-order valence-electron chi connectivity index (χ2n) is 9.95. The maximum absolute atomic E-state index is 13.2. The molecule has 4 nitrogen and oxygen atoms in total. The van der Waals surface area contributed by atoms with Gasteiger partial charge in [-0.3, -0.25) is 9.59 Å². The zero-order valence-corrected chi connectivity index (χ0v) is 20.4. The first-order chi connectivity index (χ1) is 15.9. The lowest BCUT2D eigenvalue weighted by molar-refractivity contribution is -0.137. The van der Waals surface area contributed by atoms with Gasteiger partial charge in [0.1, 0.15) is 0 Å². The third-order valence-electron chi connectivity index (χ3n) is 6.71. The normalized spacial score (nSPS) is 18.4. The van der Waals surface area contributed by atoms with E-state index in [1.165, 1.54) is 17.7 Å². The zero-order valence-electron chi connectivity index (χ0n) is 19.6. The molecule has 0 radical (unpaired) electrons. The number of benzene rings is 2. The second kappa shape index (κ2) is 8.95. The Balaban J connectivity index is 1.43. The van der Waals surface area contributed by atoms with E-state index in [9.17, 15) is 22.8 Å². The summed E-state index contributed by atoms with van der Waals surface area (Å²) in [5, 5.41) is 0. The van der Waals surface area contributed by atoms with Crippen molar-refractivity contribution in [3.05, 3.63) is 70.8 Å². The van der Waals surface area contributed by atoms with E-state index in [1.54, 1.807) is 16.7 Å². The van der Waals surface area contributed by atoms with Crippen molar-refractivity contribution in [2.75, 3.05) is 25.4 Å². The quantitative estimate of drug-likeness (QED) is 0.532. The van der Waals surface area contributed by atoms with Crippen molar-refractivity contribution in [2.24, 2.45) is 0 Å². The largest absolute Gasteiger partial charge is 0.416 e. The van der Waals surface area contributed by atoms with Crippen LogP contribution in [0.2, 0.25) is 0 Å². The van der Waals surface area contributed by atoms with Crippen LogP contribution in [0.1, 0.15) is 65.5 Å². The predicted molar refractivity (Wildman–Crippen MR) is 128 cm³/mol. The summed E-state index contributed by atoms with van der Waals surface area (Å²) in [6.07, 6.45) is -3.16. The Morgan fingerprint density at radius 1 is 0.794 bits per heavy atom. The molecule has 2 aromatic carbocycles. The van der Waals surface area contributed by atoms with Crippen LogP contribution in [0.3, 0.4) is 0 Å². The summed E-state index contributed by atoms with van der Waals surface area (Å²) >= 11 is 1.71. The number of likely N-dealkylation sites (tertiary alicyclic amines) is 1. The van der Waals surface area contributed by atoms with E-state index in [4.69, 9.17) is 0 Å². The molecule has 2 fully saturated rings. The maximum atomic E-state index is 13.2. The Morgan fingerprint density at radius 3 is 1.79 bits per heavy atom. The SMILES string of the molecule is CC(C)(C)c1ccc(C(=O)N2CCC3(CC2)SCCN3C(=O)c2ccc(C(F)(F)F)cc2)cc1. The van der Waals surface area contributed by atoms with Crippen LogP contribution in [-0.4, -0.2) is 51.9 Å². The first kappa shape index (κ1) is 24.6. The van der Waals surface area contributed by atoms with Crippen LogP contribution in [0.15, 0.2) is 48.5 Å². The molecule has 8 heteroatoms. The van der Waals surface area contributed by atoms with Crippen molar-refractivity contribution < 1.29 is 22.8 Å². The molecule has 0 saturated carbocycles. The highest BCUT2D eigenvalue weighted by Gasteiger charge is 2.47. The minimum absolute atomic E-state index is 0.0149. The van der Waals surface area contributed by atoms with E-state index >= 15 is 0 Å². The van der Waals surface area contributed by atoms with E-state index in [2.05, 4.69) is 20.8 Å². The van der Waals surface area contributed by atoms with Gasteiger partial charge in [0.15, 0.2) is 0 Å². The summed E-state index contributed by atoms with van der Waals surface area (Å²) in [7, 11) is 0. The third kappa shape index (κ3) is 4.83. The van der Waals surface area contributed by atoms with Gasteiger partial charge in [-0.15, -0.1) is 11.8 Å². The van der Waals surface area contributed by atoms with Gasteiger partial charge in [0.05, 0.1) is 10.4 Å². The molecule has 0 atom stereocenters. The van der Waals surface area contributed by atoms with Crippen molar-refractivity contribution in [1.82, 2.24) is 9.80 Å². The molecule has 0 unspecified atom stereocenters. The minimum atomic E-state index is -4.43. The number of carbonyl (C=O) groups excluding carboxylic acids is 2. The zero-order chi connectivity index (χ0) is 24.7. The average Bonchev–Trinajstić information content (AvgIpc) is 3.20. The molecule has 0 bridgehead atoms. The van der Waals surface area contributed by atoms with Gasteiger partial charge in [-0.1, -0.05) is 32.9 Å². The summed E-state index contributed by atoms with van der Waals surface area (Å²) in [6, 6.07) is 12.1. The lowest BCUT2D eigenvalue weighted by atomic mass is 9.86. The van der Waals surface area contributed by atoms with Crippen LogP contribution in [0, 0.1) is 0 Å². The van der Waals surface area contributed by atoms with Gasteiger partial charge < -0.3 is 9.80 Å². The Hall–Kier alpha value is -2.48. The van der Waals surface area contributed by atoms with Gasteiger partial charge in [0, 0.05) is 36.5 Å². The molecule has 0 aliphatic carbocycles. The van der Waals surface area contributed by atoms with E-state index in [-0.39, 0.29) is 22.8 Å². The number of alkyl halides is 3. The van der Waals surface area contributed by atoms with E-state index in [0.717, 1.165) is 17.9 Å². The van der Waals surface area contributed by atoms with Crippen LogP contribution in [0.4, 0.5) is 13.2 Å². The summed E-state index contributed by atoms with van der Waals surface area (Å²) in [4.78, 5) is 29.4. The summed E-state index contributed by atoms with van der Waals surface area (Å²) in [6.45, 7) is 8.00. The molecule has 182 valence electrons. The molecule has 34 heavy (non-hydrogen) atoms. The van der Waals surface area contributed by atoms with Gasteiger partial charge in [0.2, 0.25) is 0 Å². The highest BCUT2D eigenvalue weighted by atomic mass is 32.2. The summed E-state index contributed by atoms with van der Waals surface area (Å²) in [5.74, 6) is 0.504. The number of thioether (sulfide) groups is 1. The number of amides is 2. The van der Waals surface area contributed by atoms with Gasteiger partial charge >= 0.3 is 6.18 Å². The van der Waals surface area contributed by atoms with Crippen LogP contribution >= 0.6 is 11.8 Å². The molecular weight excluding hydrogens is 461 g/mol. The Bertz CT molecular complexity index is 1050. The van der Waals surface area contributed by atoms with Crippen molar-refractivity contribution in [3.63, 3.8) is 0 Å². The molecule has 0 N–H and O–H groups in total. The fourth-order valence-electron chi connectivity index (χ4n) is 4.62. The lowest BCUT2D eigenvalue weighted by Crippen LogP contribution is -2.53. The van der Waals surface area contributed by atoms with E-state index in [0.29, 0.717) is 38.0 Å². The van der Waals surface area contributed by atoms with Gasteiger partial charge in [-0.25, -0.2) is 0 Å². The van der Waals surface area contributed by atoms with Crippen LogP contribution in [-0.2, 0) is 11.6 Å². The fourth-order valence-corrected chi connectivity index (χ4v) is 6.08. The van der Waals surface area contributed by atoms with Crippen molar-refractivity contribution in [3.8, 4) is 0 Å². The number of hydrogen-bond acceptors (Lipinski definition) is 3. The number of halogens is 3. The predicted octanol–water partition coefficient (Wildman–Crippen LogP) is 5.82. The van der Waals surface area contributed by atoms with Crippen molar-refractivity contribution in [1.29, 1.82) is 0 Å². The summed E-state index contributed by atoms with van der Waals surface area (Å²) < 4.78 is 38.6. The third-order valence-corrected chi connectivity index (χ3v) is 8.26. The molecule has 2 amide bonds. The first-order valence-electron chi connectivity index (χ1n) is 11.4. The molecule has 2 heterocycles. The Kier molecular flexibility index (Phi) is 6.48. The van der Waals surface area contributed by atoms with Crippen LogP contribution in [0.5, 0.6) is 0 Å². The summed E-state index contributed by atoms with van der Waals surface area (Å²) in [5.41, 5.74) is 1.33. The monoisotopic (exact) mass is 490 g/mol. The van der Waals surface area contributed by atoms with Gasteiger partial charge in [0.25, 0.3) is 11.8 Å². The number of carbonyl (C=O) groups is 2. The topological polar surface area (TPSA) is 40.6 Å².